The van der Waals surface area contributed by atoms with Crippen LogP contribution in [0.25, 0.3) is 0 Å². The van der Waals surface area contributed by atoms with Gasteiger partial charge in [-0.3, -0.25) is 9.59 Å². The molecule has 2 amide bonds. The quantitative estimate of drug-likeness (QED) is 0.739. The summed E-state index contributed by atoms with van der Waals surface area (Å²) in [6.07, 6.45) is -2.87. The highest BCUT2D eigenvalue weighted by atomic mass is 19.4. The minimum Gasteiger partial charge on any atom is -0.356 e. The average Bonchev–Trinajstić information content (AvgIpc) is 2.73. The number of rotatable bonds is 5. The van der Waals surface area contributed by atoms with Crippen molar-refractivity contribution in [3.8, 4) is 0 Å². The van der Waals surface area contributed by atoms with Gasteiger partial charge in [0.25, 0.3) is 5.91 Å². The van der Waals surface area contributed by atoms with Gasteiger partial charge in [-0.15, -0.1) is 0 Å². The summed E-state index contributed by atoms with van der Waals surface area (Å²) in [5.41, 5.74) is 0.427. The third kappa shape index (κ3) is 5.58. The number of likely N-dealkylation sites (tertiary alicyclic amines) is 1. The van der Waals surface area contributed by atoms with Crippen LogP contribution >= 0.6 is 0 Å². The van der Waals surface area contributed by atoms with Gasteiger partial charge >= 0.3 is 6.18 Å². The van der Waals surface area contributed by atoms with Crippen molar-refractivity contribution in [1.29, 1.82) is 0 Å². The first kappa shape index (κ1) is 21.8. The molecule has 0 aromatic heterocycles. The predicted molar refractivity (Wildman–Crippen MR) is 103 cm³/mol. The van der Waals surface area contributed by atoms with Crippen molar-refractivity contribution in [2.75, 3.05) is 19.6 Å². The number of carbonyl (C=O) groups excluding carboxylic acids is 2. The third-order valence-corrected chi connectivity index (χ3v) is 5.24. The molecule has 8 heteroatoms. The second-order valence-electron chi connectivity index (χ2n) is 7.31. The van der Waals surface area contributed by atoms with Crippen LogP contribution in [-0.2, 0) is 17.4 Å². The van der Waals surface area contributed by atoms with E-state index < -0.39 is 17.6 Å². The Labute approximate surface area is 171 Å². The molecule has 4 nitrogen and oxygen atoms in total. The largest absolute Gasteiger partial charge is 0.416 e. The van der Waals surface area contributed by atoms with E-state index in [-0.39, 0.29) is 17.7 Å². The zero-order valence-corrected chi connectivity index (χ0v) is 16.2. The Balaban J connectivity index is 1.42. The van der Waals surface area contributed by atoms with E-state index in [1.165, 1.54) is 36.4 Å². The zero-order valence-electron chi connectivity index (χ0n) is 16.2. The van der Waals surface area contributed by atoms with Gasteiger partial charge in [-0.1, -0.05) is 12.1 Å². The van der Waals surface area contributed by atoms with Crippen molar-refractivity contribution < 1.29 is 27.2 Å². The highest BCUT2D eigenvalue weighted by Gasteiger charge is 2.30. The Kier molecular flexibility index (Phi) is 6.74. The molecule has 160 valence electrons. The lowest BCUT2D eigenvalue weighted by atomic mass is 9.95. The molecular formula is C22H22F4N2O2. The molecule has 1 heterocycles. The lowest BCUT2D eigenvalue weighted by Gasteiger charge is -2.31. The molecule has 3 rings (SSSR count). The van der Waals surface area contributed by atoms with E-state index in [0.29, 0.717) is 50.0 Å². The zero-order chi connectivity index (χ0) is 21.7. The molecule has 1 fully saturated rings. The maximum absolute atomic E-state index is 13.0. The molecule has 1 aliphatic heterocycles. The number of hydrogen-bond donors (Lipinski definition) is 1. The Morgan fingerprint density at radius 2 is 1.57 bits per heavy atom. The fourth-order valence-electron chi connectivity index (χ4n) is 3.45. The van der Waals surface area contributed by atoms with Crippen molar-refractivity contribution in [2.24, 2.45) is 5.92 Å². The maximum Gasteiger partial charge on any atom is 0.416 e. The van der Waals surface area contributed by atoms with Gasteiger partial charge in [-0.2, -0.15) is 13.2 Å². The molecule has 2 aromatic rings. The topological polar surface area (TPSA) is 49.4 Å². The number of benzene rings is 2. The van der Waals surface area contributed by atoms with E-state index in [0.717, 1.165) is 12.1 Å². The molecule has 0 spiro atoms. The Morgan fingerprint density at radius 1 is 0.967 bits per heavy atom. The standard InChI is InChI=1S/C22H22F4N2O2/c23-19-7-3-17(4-8-19)21(30)28-13-10-16(11-14-28)20(29)27-12-9-15-1-5-18(6-2-15)22(24,25)26/h1-8,16H,9-14H2,(H,27,29). The summed E-state index contributed by atoms with van der Waals surface area (Å²) < 4.78 is 50.7. The van der Waals surface area contributed by atoms with Gasteiger partial charge in [-0.05, 0) is 61.2 Å². The molecular weight excluding hydrogens is 400 g/mol. The second-order valence-corrected chi connectivity index (χ2v) is 7.31. The number of hydrogen-bond acceptors (Lipinski definition) is 2. The van der Waals surface area contributed by atoms with Gasteiger partial charge in [0.1, 0.15) is 5.82 Å². The van der Waals surface area contributed by atoms with Crippen LogP contribution in [-0.4, -0.2) is 36.3 Å². The van der Waals surface area contributed by atoms with Crippen LogP contribution in [0.4, 0.5) is 17.6 Å². The molecule has 0 bridgehead atoms. The van der Waals surface area contributed by atoms with Crippen LogP contribution in [0.5, 0.6) is 0 Å². The molecule has 1 saturated heterocycles. The van der Waals surface area contributed by atoms with Crippen molar-refractivity contribution in [1.82, 2.24) is 10.2 Å². The minimum atomic E-state index is -4.36. The van der Waals surface area contributed by atoms with E-state index >= 15 is 0 Å². The fourth-order valence-corrected chi connectivity index (χ4v) is 3.45. The number of carbonyl (C=O) groups is 2. The highest BCUT2D eigenvalue weighted by Crippen LogP contribution is 2.29. The summed E-state index contributed by atoms with van der Waals surface area (Å²) in [6, 6.07) is 10.3. The summed E-state index contributed by atoms with van der Waals surface area (Å²) in [5, 5.41) is 2.82. The van der Waals surface area contributed by atoms with Crippen molar-refractivity contribution >= 4 is 11.8 Å². The summed E-state index contributed by atoms with van der Waals surface area (Å²) in [6.45, 7) is 1.21. The van der Waals surface area contributed by atoms with E-state index in [4.69, 9.17) is 0 Å². The van der Waals surface area contributed by atoms with E-state index in [9.17, 15) is 27.2 Å². The van der Waals surface area contributed by atoms with Crippen molar-refractivity contribution in [2.45, 2.75) is 25.4 Å². The normalized spacial score (nSPS) is 15.1. The number of amides is 2. The number of alkyl halides is 3. The second kappa shape index (κ2) is 9.28. The number of nitrogens with one attached hydrogen (secondary N) is 1. The monoisotopic (exact) mass is 422 g/mol. The fraction of sp³-hybridized carbons (Fsp3) is 0.364. The lowest BCUT2D eigenvalue weighted by Crippen LogP contribution is -2.43. The first-order chi connectivity index (χ1) is 14.2. The van der Waals surface area contributed by atoms with Gasteiger partial charge in [0, 0.05) is 31.1 Å². The Morgan fingerprint density at radius 3 is 2.13 bits per heavy atom. The van der Waals surface area contributed by atoms with Crippen LogP contribution in [0.15, 0.2) is 48.5 Å². The van der Waals surface area contributed by atoms with Gasteiger partial charge < -0.3 is 10.2 Å². The van der Waals surface area contributed by atoms with Crippen LogP contribution in [0, 0.1) is 11.7 Å². The molecule has 1 aliphatic rings. The van der Waals surface area contributed by atoms with Crippen molar-refractivity contribution in [3.63, 3.8) is 0 Å². The number of piperidine rings is 1. The smallest absolute Gasteiger partial charge is 0.356 e. The van der Waals surface area contributed by atoms with E-state index in [1.54, 1.807) is 4.90 Å². The lowest BCUT2D eigenvalue weighted by molar-refractivity contribution is -0.137. The van der Waals surface area contributed by atoms with E-state index in [2.05, 4.69) is 5.32 Å². The van der Waals surface area contributed by atoms with Gasteiger partial charge in [0.2, 0.25) is 5.91 Å². The van der Waals surface area contributed by atoms with Crippen molar-refractivity contribution in [3.05, 3.63) is 71.0 Å². The van der Waals surface area contributed by atoms with Gasteiger partial charge in [0.05, 0.1) is 5.56 Å². The van der Waals surface area contributed by atoms with E-state index in [1.807, 2.05) is 0 Å². The molecule has 2 aromatic carbocycles. The molecule has 0 unspecified atom stereocenters. The summed E-state index contributed by atoms with van der Waals surface area (Å²) in [5.74, 6) is -0.917. The molecule has 0 atom stereocenters. The molecule has 1 N–H and O–H groups in total. The first-order valence-electron chi connectivity index (χ1n) is 9.73. The first-order valence-corrected chi connectivity index (χ1v) is 9.73. The van der Waals surface area contributed by atoms with Crippen LogP contribution in [0.3, 0.4) is 0 Å². The van der Waals surface area contributed by atoms with Crippen LogP contribution in [0.2, 0.25) is 0 Å². The average molecular weight is 422 g/mol. The van der Waals surface area contributed by atoms with Crippen LogP contribution in [0.1, 0.15) is 34.3 Å². The number of halogens is 4. The summed E-state index contributed by atoms with van der Waals surface area (Å²) in [4.78, 5) is 26.4. The van der Waals surface area contributed by atoms with Gasteiger partial charge in [-0.25, -0.2) is 4.39 Å². The highest BCUT2D eigenvalue weighted by molar-refractivity contribution is 5.94. The SMILES string of the molecule is O=C(NCCc1ccc(C(F)(F)F)cc1)C1CCN(C(=O)c2ccc(F)cc2)CC1. The minimum absolute atomic E-state index is 0.115. The molecule has 0 aliphatic carbocycles. The number of nitrogens with zero attached hydrogens (tertiary/aromatic N) is 1. The van der Waals surface area contributed by atoms with Crippen LogP contribution < -0.4 is 5.32 Å². The summed E-state index contributed by atoms with van der Waals surface area (Å²) in [7, 11) is 0. The summed E-state index contributed by atoms with van der Waals surface area (Å²) >= 11 is 0. The molecule has 30 heavy (non-hydrogen) atoms. The van der Waals surface area contributed by atoms with Gasteiger partial charge in [0.15, 0.2) is 0 Å². The Bertz CT molecular complexity index is 872. The molecule has 0 saturated carbocycles. The third-order valence-electron chi connectivity index (χ3n) is 5.24. The maximum atomic E-state index is 13.0. The molecule has 0 radical (unpaired) electrons. The Hall–Kier alpha value is -2.90. The predicted octanol–water partition coefficient (Wildman–Crippen LogP) is 4.06.